The summed E-state index contributed by atoms with van der Waals surface area (Å²) in [6, 6.07) is 28.1. The van der Waals surface area contributed by atoms with Crippen LogP contribution in [-0.2, 0) is 23.2 Å². The summed E-state index contributed by atoms with van der Waals surface area (Å²) in [5.41, 5.74) is 9.00. The van der Waals surface area contributed by atoms with E-state index in [4.69, 9.17) is 14.6 Å². The Kier molecular flexibility index (Phi) is 7.01. The predicted molar refractivity (Wildman–Crippen MR) is 164 cm³/mol. The summed E-state index contributed by atoms with van der Waals surface area (Å²) < 4.78 is 40.2. The quantitative estimate of drug-likeness (QED) is 0.237. The minimum atomic E-state index is -3.40. The second-order valence-electron chi connectivity index (χ2n) is 10.2. The first kappa shape index (κ1) is 26.7. The number of aromatic nitrogens is 2. The molecule has 0 aliphatic carbocycles. The maximum absolute atomic E-state index is 11.9. The molecule has 41 heavy (non-hydrogen) atoms. The van der Waals surface area contributed by atoms with Crippen molar-refractivity contribution in [3.8, 4) is 11.5 Å². The largest absolute Gasteiger partial charge is 0.497 e. The molecule has 0 saturated carbocycles. The molecule has 8 heteroatoms. The van der Waals surface area contributed by atoms with E-state index in [1.807, 2.05) is 59.4 Å². The molecule has 1 aliphatic heterocycles. The minimum Gasteiger partial charge on any atom is -0.497 e. The van der Waals surface area contributed by atoms with Crippen molar-refractivity contribution in [2.75, 3.05) is 18.1 Å². The molecular weight excluding hydrogens is 534 g/mol. The van der Waals surface area contributed by atoms with Gasteiger partial charge < -0.3 is 9.47 Å². The van der Waals surface area contributed by atoms with E-state index >= 15 is 0 Å². The van der Waals surface area contributed by atoms with Gasteiger partial charge in [-0.05, 0) is 82.3 Å². The third-order valence-corrected chi connectivity index (χ3v) is 7.94. The van der Waals surface area contributed by atoms with Crippen LogP contribution >= 0.6 is 0 Å². The summed E-state index contributed by atoms with van der Waals surface area (Å²) >= 11 is 0. The van der Waals surface area contributed by atoms with Gasteiger partial charge in [-0.1, -0.05) is 49.4 Å². The van der Waals surface area contributed by atoms with E-state index in [0.29, 0.717) is 18.8 Å². The SMILES string of the molecule is CC/C(=C1\c2cc3cnn(Cc4ccc(OC)cc4)c3cc2COc2ccccc21)c1cccc(NS(C)(=O)=O)c1. The molecule has 5 aromatic rings. The number of anilines is 1. The molecule has 0 spiro atoms. The molecule has 1 N–H and O–H groups in total. The lowest BCUT2D eigenvalue weighted by Gasteiger charge is -2.18. The van der Waals surface area contributed by atoms with Crippen molar-refractivity contribution in [3.63, 3.8) is 0 Å². The molecule has 6 rings (SSSR count). The number of sulfonamides is 1. The Morgan fingerprint density at radius 1 is 1.00 bits per heavy atom. The Balaban J connectivity index is 1.51. The zero-order valence-electron chi connectivity index (χ0n) is 23.2. The number of nitrogens with zero attached hydrogens (tertiary/aromatic N) is 2. The van der Waals surface area contributed by atoms with Gasteiger partial charge in [-0.2, -0.15) is 5.10 Å². The lowest BCUT2D eigenvalue weighted by molar-refractivity contribution is 0.307. The number of hydrogen-bond acceptors (Lipinski definition) is 5. The highest BCUT2D eigenvalue weighted by atomic mass is 32.2. The van der Waals surface area contributed by atoms with Crippen LogP contribution in [0.2, 0.25) is 0 Å². The lowest BCUT2D eigenvalue weighted by atomic mass is 9.86. The second-order valence-corrected chi connectivity index (χ2v) is 11.9. The first-order valence-electron chi connectivity index (χ1n) is 13.5. The standard InChI is InChI=1S/C33H31N3O4S/c1-4-28(23-8-7-9-26(16-23)35-41(3,37)38)33-29-10-5-6-11-32(29)40-21-25-18-31-24(17-30(25)33)19-34-36(31)20-22-12-14-27(39-2)15-13-22/h5-19,35H,4,20-21H2,1-3H3/b33-28+. The maximum atomic E-state index is 11.9. The van der Waals surface area contributed by atoms with Gasteiger partial charge in [0.25, 0.3) is 0 Å². The average molecular weight is 566 g/mol. The number of allylic oxidation sites excluding steroid dienone is 1. The molecule has 0 radical (unpaired) electrons. The Labute approximate surface area is 240 Å². The van der Waals surface area contributed by atoms with E-state index in [-0.39, 0.29) is 0 Å². The molecule has 0 fully saturated rings. The fourth-order valence-electron chi connectivity index (χ4n) is 5.49. The van der Waals surface area contributed by atoms with Crippen molar-refractivity contribution in [2.45, 2.75) is 26.5 Å². The molecule has 4 aromatic carbocycles. The molecule has 7 nitrogen and oxygen atoms in total. The van der Waals surface area contributed by atoms with Crippen molar-refractivity contribution in [2.24, 2.45) is 0 Å². The third-order valence-electron chi connectivity index (χ3n) is 7.34. The smallest absolute Gasteiger partial charge is 0.229 e. The highest BCUT2D eigenvalue weighted by Gasteiger charge is 2.24. The van der Waals surface area contributed by atoms with Gasteiger partial charge in [0.1, 0.15) is 18.1 Å². The van der Waals surface area contributed by atoms with E-state index in [9.17, 15) is 8.42 Å². The summed E-state index contributed by atoms with van der Waals surface area (Å²) in [5, 5.41) is 5.77. The van der Waals surface area contributed by atoms with Crippen LogP contribution in [0.25, 0.3) is 22.0 Å². The van der Waals surface area contributed by atoms with Crippen LogP contribution < -0.4 is 14.2 Å². The number of methoxy groups -OCH3 is 1. The van der Waals surface area contributed by atoms with Crippen LogP contribution in [0.5, 0.6) is 11.5 Å². The Morgan fingerprint density at radius 3 is 2.56 bits per heavy atom. The predicted octanol–water partition coefficient (Wildman–Crippen LogP) is 6.73. The van der Waals surface area contributed by atoms with E-state index < -0.39 is 10.0 Å². The van der Waals surface area contributed by atoms with Crippen LogP contribution in [0.4, 0.5) is 5.69 Å². The van der Waals surface area contributed by atoms with E-state index in [2.05, 4.69) is 42.0 Å². The normalized spacial score (nSPS) is 14.0. The zero-order valence-corrected chi connectivity index (χ0v) is 24.0. The van der Waals surface area contributed by atoms with Crippen molar-refractivity contribution in [1.29, 1.82) is 0 Å². The monoisotopic (exact) mass is 565 g/mol. The summed E-state index contributed by atoms with van der Waals surface area (Å²) in [6.45, 7) is 3.18. The fraction of sp³-hybridized carbons (Fsp3) is 0.182. The van der Waals surface area contributed by atoms with Gasteiger partial charge in [0, 0.05) is 16.6 Å². The summed E-state index contributed by atoms with van der Waals surface area (Å²) in [4.78, 5) is 0. The Bertz CT molecular complexity index is 1890. The number of para-hydroxylation sites is 1. The van der Waals surface area contributed by atoms with Crippen LogP contribution in [0.15, 0.2) is 91.1 Å². The molecule has 0 saturated heterocycles. The van der Waals surface area contributed by atoms with Gasteiger partial charge in [0.15, 0.2) is 0 Å². The molecule has 1 aromatic heterocycles. The fourth-order valence-corrected chi connectivity index (χ4v) is 6.04. The summed E-state index contributed by atoms with van der Waals surface area (Å²) in [5.74, 6) is 1.64. The van der Waals surface area contributed by atoms with Crippen molar-refractivity contribution >= 4 is 37.8 Å². The Morgan fingerprint density at radius 2 is 1.80 bits per heavy atom. The summed E-state index contributed by atoms with van der Waals surface area (Å²) in [7, 11) is -1.74. The highest BCUT2D eigenvalue weighted by molar-refractivity contribution is 7.92. The number of ether oxygens (including phenoxy) is 2. The van der Waals surface area contributed by atoms with Gasteiger partial charge in [-0.15, -0.1) is 0 Å². The van der Waals surface area contributed by atoms with Crippen LogP contribution in [0.3, 0.4) is 0 Å². The van der Waals surface area contributed by atoms with E-state index in [0.717, 1.165) is 74.0 Å². The molecule has 0 amide bonds. The van der Waals surface area contributed by atoms with Crippen LogP contribution in [0.1, 0.15) is 41.2 Å². The van der Waals surface area contributed by atoms with Gasteiger partial charge in [0.2, 0.25) is 10.0 Å². The van der Waals surface area contributed by atoms with Gasteiger partial charge in [0.05, 0.1) is 31.6 Å². The third kappa shape index (κ3) is 5.43. The van der Waals surface area contributed by atoms with E-state index in [1.165, 1.54) is 0 Å². The molecule has 208 valence electrons. The lowest BCUT2D eigenvalue weighted by Crippen LogP contribution is -2.09. The van der Waals surface area contributed by atoms with Crippen LogP contribution in [-0.4, -0.2) is 31.6 Å². The number of hydrogen-bond donors (Lipinski definition) is 1. The maximum Gasteiger partial charge on any atom is 0.229 e. The van der Waals surface area contributed by atoms with Gasteiger partial charge in [-0.25, -0.2) is 8.42 Å². The topological polar surface area (TPSA) is 82.4 Å². The van der Waals surface area contributed by atoms with Crippen LogP contribution in [0, 0.1) is 0 Å². The molecule has 1 aliphatic rings. The molecule has 0 unspecified atom stereocenters. The second kappa shape index (κ2) is 10.8. The van der Waals surface area contributed by atoms with Crippen molar-refractivity contribution in [3.05, 3.63) is 119 Å². The molecule has 2 heterocycles. The first-order chi connectivity index (χ1) is 19.8. The minimum absolute atomic E-state index is 0.423. The molecule has 0 bridgehead atoms. The molecule has 0 atom stereocenters. The van der Waals surface area contributed by atoms with E-state index in [1.54, 1.807) is 13.2 Å². The molecular formula is C33H31N3O4S. The number of benzene rings is 4. The number of fused-ring (bicyclic) bond motifs is 3. The number of nitrogens with one attached hydrogen (secondary N) is 1. The highest BCUT2D eigenvalue weighted by Crippen LogP contribution is 2.43. The van der Waals surface area contributed by atoms with Gasteiger partial charge in [-0.3, -0.25) is 9.40 Å². The number of rotatable bonds is 7. The van der Waals surface area contributed by atoms with Crippen molar-refractivity contribution in [1.82, 2.24) is 9.78 Å². The van der Waals surface area contributed by atoms with Gasteiger partial charge >= 0.3 is 0 Å². The Hall–Kier alpha value is -4.56. The zero-order chi connectivity index (χ0) is 28.6. The average Bonchev–Trinajstić information content (AvgIpc) is 3.27. The summed E-state index contributed by atoms with van der Waals surface area (Å²) in [6.07, 6.45) is 3.81. The van der Waals surface area contributed by atoms with Crippen molar-refractivity contribution < 1.29 is 17.9 Å². The first-order valence-corrected chi connectivity index (χ1v) is 15.4.